The summed E-state index contributed by atoms with van der Waals surface area (Å²) in [6, 6.07) is 10.8. The lowest BCUT2D eigenvalue weighted by molar-refractivity contribution is -0.114. The number of amides is 1. The Balaban J connectivity index is 2.35. The van der Waals surface area contributed by atoms with Gasteiger partial charge in [-0.25, -0.2) is 8.42 Å². The molecule has 0 saturated carbocycles. The van der Waals surface area contributed by atoms with E-state index in [4.69, 9.17) is 11.6 Å². The van der Waals surface area contributed by atoms with Gasteiger partial charge in [0.1, 0.15) is 6.54 Å². The number of anilines is 2. The number of carbonyl (C=O) groups excluding carboxylic acids is 1. The van der Waals surface area contributed by atoms with E-state index in [0.717, 1.165) is 21.7 Å². The Bertz CT molecular complexity index is 887. The van der Waals surface area contributed by atoms with Crippen LogP contribution in [0, 0.1) is 20.8 Å². The Labute approximate surface area is 153 Å². The monoisotopic (exact) mass is 380 g/mol. The van der Waals surface area contributed by atoms with E-state index in [2.05, 4.69) is 5.32 Å². The highest BCUT2D eigenvalue weighted by Crippen LogP contribution is 2.32. The van der Waals surface area contributed by atoms with Gasteiger partial charge in [-0.3, -0.25) is 9.10 Å². The summed E-state index contributed by atoms with van der Waals surface area (Å²) < 4.78 is 25.6. The minimum atomic E-state index is -3.69. The van der Waals surface area contributed by atoms with E-state index >= 15 is 0 Å². The molecule has 0 radical (unpaired) electrons. The normalized spacial score (nSPS) is 11.2. The third kappa shape index (κ3) is 4.74. The Morgan fingerprint density at radius 3 is 2.32 bits per heavy atom. The molecule has 0 bridgehead atoms. The molecule has 2 rings (SSSR count). The van der Waals surface area contributed by atoms with Gasteiger partial charge in [0.05, 0.1) is 17.0 Å². The zero-order chi connectivity index (χ0) is 18.8. The van der Waals surface area contributed by atoms with Crippen molar-refractivity contribution in [3.05, 3.63) is 58.1 Å². The third-order valence-electron chi connectivity index (χ3n) is 3.75. The van der Waals surface area contributed by atoms with Crippen molar-refractivity contribution in [3.63, 3.8) is 0 Å². The van der Waals surface area contributed by atoms with Crippen molar-refractivity contribution in [3.8, 4) is 0 Å². The number of nitrogens with one attached hydrogen (secondary N) is 1. The molecule has 0 aliphatic heterocycles. The summed E-state index contributed by atoms with van der Waals surface area (Å²) in [6.45, 7) is 5.16. The minimum Gasteiger partial charge on any atom is -0.324 e. The molecule has 2 aromatic carbocycles. The van der Waals surface area contributed by atoms with Gasteiger partial charge in [0.25, 0.3) is 0 Å². The van der Waals surface area contributed by atoms with Gasteiger partial charge < -0.3 is 5.32 Å². The van der Waals surface area contributed by atoms with Crippen molar-refractivity contribution in [2.45, 2.75) is 20.8 Å². The topological polar surface area (TPSA) is 66.5 Å². The maximum Gasteiger partial charge on any atom is 0.245 e. The number of hydrogen-bond donors (Lipinski definition) is 1. The lowest BCUT2D eigenvalue weighted by Crippen LogP contribution is -2.38. The van der Waals surface area contributed by atoms with Crippen LogP contribution in [0.25, 0.3) is 0 Å². The second kappa shape index (κ2) is 7.45. The van der Waals surface area contributed by atoms with Gasteiger partial charge in [0.2, 0.25) is 15.9 Å². The number of sulfonamides is 1. The molecule has 1 amide bonds. The van der Waals surface area contributed by atoms with Crippen LogP contribution in [-0.2, 0) is 14.8 Å². The number of para-hydroxylation sites is 1. The highest BCUT2D eigenvalue weighted by molar-refractivity contribution is 7.92. The van der Waals surface area contributed by atoms with Gasteiger partial charge in [-0.1, -0.05) is 35.9 Å². The summed E-state index contributed by atoms with van der Waals surface area (Å²) in [5, 5.41) is 3.04. The molecule has 0 atom stereocenters. The van der Waals surface area contributed by atoms with E-state index in [1.54, 1.807) is 25.1 Å². The molecule has 134 valence electrons. The zero-order valence-electron chi connectivity index (χ0n) is 14.6. The maximum absolute atomic E-state index is 12.4. The standard InChI is InChI=1S/C18H21ClN2O3S/c1-12-9-14(3)18(15(19)10-12)21(25(4,23)24)11-17(22)20-16-8-6-5-7-13(16)2/h5-10H,11H2,1-4H3,(H,20,22). The first kappa shape index (κ1) is 19.3. The number of carbonyl (C=O) groups is 1. The van der Waals surface area contributed by atoms with Crippen molar-refractivity contribution in [2.75, 3.05) is 22.4 Å². The predicted octanol–water partition coefficient (Wildman–Crippen LogP) is 3.67. The van der Waals surface area contributed by atoms with Crippen molar-refractivity contribution in [2.24, 2.45) is 0 Å². The van der Waals surface area contributed by atoms with Crippen LogP contribution in [0.3, 0.4) is 0 Å². The van der Waals surface area contributed by atoms with Crippen LogP contribution in [0.2, 0.25) is 5.02 Å². The molecule has 0 unspecified atom stereocenters. The fourth-order valence-corrected chi connectivity index (χ4v) is 4.02. The molecule has 1 N–H and O–H groups in total. The highest BCUT2D eigenvalue weighted by Gasteiger charge is 2.25. The van der Waals surface area contributed by atoms with Crippen molar-refractivity contribution in [1.82, 2.24) is 0 Å². The Kier molecular flexibility index (Phi) is 5.75. The van der Waals surface area contributed by atoms with Gasteiger partial charge in [-0.05, 0) is 49.6 Å². The molecule has 5 nitrogen and oxygen atoms in total. The first-order valence-electron chi connectivity index (χ1n) is 7.69. The van der Waals surface area contributed by atoms with Crippen LogP contribution in [-0.4, -0.2) is 27.1 Å². The first-order chi connectivity index (χ1) is 11.6. The smallest absolute Gasteiger partial charge is 0.245 e. The predicted molar refractivity (Wildman–Crippen MR) is 103 cm³/mol. The highest BCUT2D eigenvalue weighted by atomic mass is 35.5. The molecule has 0 aromatic heterocycles. The fourth-order valence-electron chi connectivity index (χ4n) is 2.62. The molecule has 2 aromatic rings. The number of benzene rings is 2. The summed E-state index contributed by atoms with van der Waals surface area (Å²) in [5.41, 5.74) is 3.48. The Morgan fingerprint density at radius 1 is 1.12 bits per heavy atom. The van der Waals surface area contributed by atoms with Gasteiger partial charge in [-0.15, -0.1) is 0 Å². The van der Waals surface area contributed by atoms with Crippen molar-refractivity contribution in [1.29, 1.82) is 0 Å². The summed E-state index contributed by atoms with van der Waals surface area (Å²) in [5.74, 6) is -0.434. The average molecular weight is 381 g/mol. The van der Waals surface area contributed by atoms with Crippen LogP contribution in [0.1, 0.15) is 16.7 Å². The van der Waals surface area contributed by atoms with E-state index in [9.17, 15) is 13.2 Å². The number of rotatable bonds is 5. The second-order valence-corrected chi connectivity index (χ2v) is 8.36. The van der Waals surface area contributed by atoms with Gasteiger partial charge in [0.15, 0.2) is 0 Å². The second-order valence-electron chi connectivity index (χ2n) is 6.04. The lowest BCUT2D eigenvalue weighted by Gasteiger charge is -2.25. The number of hydrogen-bond acceptors (Lipinski definition) is 3. The van der Waals surface area contributed by atoms with Crippen molar-refractivity contribution >= 4 is 38.9 Å². The van der Waals surface area contributed by atoms with Crippen LogP contribution in [0.15, 0.2) is 36.4 Å². The van der Waals surface area contributed by atoms with Gasteiger partial charge >= 0.3 is 0 Å². The molecule has 0 aliphatic carbocycles. The summed E-state index contributed by atoms with van der Waals surface area (Å²) in [7, 11) is -3.69. The summed E-state index contributed by atoms with van der Waals surface area (Å²) in [6.07, 6.45) is 1.06. The molecule has 0 fully saturated rings. The van der Waals surface area contributed by atoms with E-state index in [0.29, 0.717) is 22.0 Å². The van der Waals surface area contributed by atoms with Gasteiger partial charge in [-0.2, -0.15) is 0 Å². The lowest BCUT2D eigenvalue weighted by atomic mass is 10.1. The fraction of sp³-hybridized carbons (Fsp3) is 0.278. The van der Waals surface area contributed by atoms with E-state index < -0.39 is 15.9 Å². The molecule has 25 heavy (non-hydrogen) atoms. The van der Waals surface area contributed by atoms with Crippen LogP contribution < -0.4 is 9.62 Å². The van der Waals surface area contributed by atoms with Crippen molar-refractivity contribution < 1.29 is 13.2 Å². The number of nitrogens with zero attached hydrogens (tertiary/aromatic N) is 1. The Hall–Kier alpha value is -2.05. The average Bonchev–Trinajstić information content (AvgIpc) is 2.46. The number of halogens is 1. The Morgan fingerprint density at radius 2 is 1.76 bits per heavy atom. The molecular weight excluding hydrogens is 360 g/mol. The SMILES string of the molecule is Cc1cc(C)c(N(CC(=O)Nc2ccccc2C)S(C)(=O)=O)c(Cl)c1. The van der Waals surface area contributed by atoms with Gasteiger partial charge in [0, 0.05) is 5.69 Å². The molecule has 0 heterocycles. The quantitative estimate of drug-likeness (QED) is 0.860. The minimum absolute atomic E-state index is 0.298. The van der Waals surface area contributed by atoms with Crippen LogP contribution >= 0.6 is 11.6 Å². The van der Waals surface area contributed by atoms with Crippen LogP contribution in [0.5, 0.6) is 0 Å². The zero-order valence-corrected chi connectivity index (χ0v) is 16.2. The summed E-state index contributed by atoms with van der Waals surface area (Å²) in [4.78, 5) is 12.4. The molecule has 7 heteroatoms. The largest absolute Gasteiger partial charge is 0.324 e. The third-order valence-corrected chi connectivity index (χ3v) is 5.15. The van der Waals surface area contributed by atoms with Crippen LogP contribution in [0.4, 0.5) is 11.4 Å². The molecule has 0 aliphatic rings. The molecular formula is C18H21ClN2O3S. The summed E-state index contributed by atoms with van der Waals surface area (Å²) >= 11 is 6.27. The number of aryl methyl sites for hydroxylation is 3. The van der Waals surface area contributed by atoms with E-state index in [-0.39, 0.29) is 6.54 Å². The maximum atomic E-state index is 12.4. The van der Waals surface area contributed by atoms with E-state index in [1.807, 2.05) is 32.0 Å². The molecule has 0 saturated heterocycles. The molecule has 0 spiro atoms. The van der Waals surface area contributed by atoms with E-state index in [1.165, 1.54) is 0 Å². The first-order valence-corrected chi connectivity index (χ1v) is 9.92.